The van der Waals surface area contributed by atoms with Gasteiger partial charge < -0.3 is 14.5 Å². The lowest BCUT2D eigenvalue weighted by molar-refractivity contribution is -0.135. The molecule has 3 rings (SSSR count). The molecule has 0 spiro atoms. The molecule has 120 valence electrons. The minimum absolute atomic E-state index is 0.130. The quantitative estimate of drug-likeness (QED) is 0.806. The highest BCUT2D eigenvalue weighted by atomic mass is 16.5. The monoisotopic (exact) mass is 302 g/mol. The molecule has 1 aromatic rings. The van der Waals surface area contributed by atoms with Gasteiger partial charge in [0.25, 0.3) is 0 Å². The summed E-state index contributed by atoms with van der Waals surface area (Å²) < 4.78 is 5.60. The minimum Gasteiger partial charge on any atom is -0.367 e. The van der Waals surface area contributed by atoms with Crippen molar-refractivity contribution >= 4 is 5.91 Å². The molecule has 1 aliphatic heterocycles. The molecule has 1 heterocycles. The van der Waals surface area contributed by atoms with Gasteiger partial charge in [-0.3, -0.25) is 4.79 Å². The normalized spacial score (nSPS) is 25.0. The lowest BCUT2D eigenvalue weighted by Gasteiger charge is -2.24. The van der Waals surface area contributed by atoms with Gasteiger partial charge in [0, 0.05) is 19.1 Å². The first-order valence-electron chi connectivity index (χ1n) is 8.21. The van der Waals surface area contributed by atoms with Gasteiger partial charge in [-0.1, -0.05) is 30.3 Å². The highest BCUT2D eigenvalue weighted by molar-refractivity contribution is 5.77. The van der Waals surface area contributed by atoms with E-state index in [2.05, 4.69) is 19.0 Å². The molecule has 22 heavy (non-hydrogen) atoms. The van der Waals surface area contributed by atoms with E-state index in [1.807, 2.05) is 35.2 Å². The van der Waals surface area contributed by atoms with E-state index >= 15 is 0 Å². The lowest BCUT2D eigenvalue weighted by atomic mass is 9.97. The number of hydrogen-bond acceptors (Lipinski definition) is 3. The number of rotatable bonds is 6. The first-order valence-corrected chi connectivity index (χ1v) is 8.21. The number of benzene rings is 1. The van der Waals surface area contributed by atoms with Gasteiger partial charge in [-0.15, -0.1) is 0 Å². The predicted molar refractivity (Wildman–Crippen MR) is 86.4 cm³/mol. The standard InChI is InChI=1S/C18H26N2O2/c1-19(2)17-11-20(10-16(17)15-8-9-15)18(21)13-22-12-14-6-4-3-5-7-14/h3-7,15-17H,8-13H2,1-2H3/t16-,17+/m0/s1. The van der Waals surface area contributed by atoms with Gasteiger partial charge in [-0.25, -0.2) is 0 Å². The third-order valence-corrected chi connectivity index (χ3v) is 4.91. The molecule has 2 atom stereocenters. The van der Waals surface area contributed by atoms with Crippen LogP contribution in [0.2, 0.25) is 0 Å². The van der Waals surface area contributed by atoms with Gasteiger partial charge in [-0.05, 0) is 44.3 Å². The van der Waals surface area contributed by atoms with Crippen LogP contribution < -0.4 is 0 Å². The summed E-state index contributed by atoms with van der Waals surface area (Å²) in [5.74, 6) is 1.61. The van der Waals surface area contributed by atoms with E-state index in [-0.39, 0.29) is 12.5 Å². The van der Waals surface area contributed by atoms with Crippen molar-refractivity contribution in [3.05, 3.63) is 35.9 Å². The number of nitrogens with zero attached hydrogens (tertiary/aromatic N) is 2. The summed E-state index contributed by atoms with van der Waals surface area (Å²) in [4.78, 5) is 16.7. The van der Waals surface area contributed by atoms with Crippen LogP contribution in [0.15, 0.2) is 30.3 Å². The Labute approximate surface area is 133 Å². The largest absolute Gasteiger partial charge is 0.367 e. The van der Waals surface area contributed by atoms with Crippen LogP contribution in [0, 0.1) is 11.8 Å². The second-order valence-electron chi connectivity index (χ2n) is 6.81. The van der Waals surface area contributed by atoms with Gasteiger partial charge in [0.2, 0.25) is 5.91 Å². The molecule has 1 saturated heterocycles. The Bertz CT molecular complexity index is 489. The number of hydrogen-bond donors (Lipinski definition) is 0. The van der Waals surface area contributed by atoms with E-state index < -0.39 is 0 Å². The molecular weight excluding hydrogens is 276 g/mol. The summed E-state index contributed by atoms with van der Waals surface area (Å²) in [5.41, 5.74) is 1.11. The first-order chi connectivity index (χ1) is 10.6. The predicted octanol–water partition coefficient (Wildman–Crippen LogP) is 2.00. The fourth-order valence-corrected chi connectivity index (χ4v) is 3.47. The van der Waals surface area contributed by atoms with Crippen molar-refractivity contribution in [2.75, 3.05) is 33.8 Å². The second-order valence-corrected chi connectivity index (χ2v) is 6.81. The number of ether oxygens (including phenoxy) is 1. The van der Waals surface area contributed by atoms with Crippen molar-refractivity contribution < 1.29 is 9.53 Å². The van der Waals surface area contributed by atoms with Crippen molar-refractivity contribution in [3.63, 3.8) is 0 Å². The molecule has 1 saturated carbocycles. The number of likely N-dealkylation sites (N-methyl/N-ethyl adjacent to an activating group) is 1. The van der Waals surface area contributed by atoms with Crippen LogP contribution in [0.3, 0.4) is 0 Å². The number of carbonyl (C=O) groups is 1. The summed E-state index contributed by atoms with van der Waals surface area (Å²) in [6.07, 6.45) is 2.67. The molecule has 0 N–H and O–H groups in total. The van der Waals surface area contributed by atoms with E-state index in [0.29, 0.717) is 18.6 Å². The Morgan fingerprint density at radius 2 is 1.95 bits per heavy atom. The maximum atomic E-state index is 12.4. The summed E-state index contributed by atoms with van der Waals surface area (Å²) >= 11 is 0. The first kappa shape index (κ1) is 15.5. The average molecular weight is 302 g/mol. The Morgan fingerprint density at radius 3 is 2.59 bits per heavy atom. The van der Waals surface area contributed by atoms with Crippen LogP contribution in [0.1, 0.15) is 18.4 Å². The molecule has 0 radical (unpaired) electrons. The average Bonchev–Trinajstić information content (AvgIpc) is 3.26. The fourth-order valence-electron chi connectivity index (χ4n) is 3.47. The molecule has 1 aromatic carbocycles. The number of likely N-dealkylation sites (tertiary alicyclic amines) is 1. The Balaban J connectivity index is 1.48. The van der Waals surface area contributed by atoms with Gasteiger partial charge in [0.1, 0.15) is 6.61 Å². The molecule has 2 fully saturated rings. The number of amides is 1. The van der Waals surface area contributed by atoms with E-state index in [1.165, 1.54) is 12.8 Å². The van der Waals surface area contributed by atoms with E-state index in [4.69, 9.17) is 4.74 Å². The minimum atomic E-state index is 0.130. The third kappa shape index (κ3) is 3.68. The fraction of sp³-hybridized carbons (Fsp3) is 0.611. The van der Waals surface area contributed by atoms with Crippen molar-refractivity contribution in [1.29, 1.82) is 0 Å². The molecule has 0 aromatic heterocycles. The van der Waals surface area contributed by atoms with E-state index in [1.54, 1.807) is 0 Å². The summed E-state index contributed by atoms with van der Waals surface area (Å²) in [6, 6.07) is 10.5. The zero-order valence-corrected chi connectivity index (χ0v) is 13.6. The van der Waals surface area contributed by atoms with E-state index in [9.17, 15) is 4.79 Å². The molecule has 4 nitrogen and oxygen atoms in total. The molecule has 1 aliphatic carbocycles. The van der Waals surface area contributed by atoms with Gasteiger partial charge >= 0.3 is 0 Å². The van der Waals surface area contributed by atoms with Crippen molar-refractivity contribution in [1.82, 2.24) is 9.80 Å². The maximum absolute atomic E-state index is 12.4. The molecular formula is C18H26N2O2. The smallest absolute Gasteiger partial charge is 0.248 e. The van der Waals surface area contributed by atoms with Gasteiger partial charge in [0.15, 0.2) is 0 Å². The maximum Gasteiger partial charge on any atom is 0.248 e. The van der Waals surface area contributed by atoms with Crippen LogP contribution >= 0.6 is 0 Å². The van der Waals surface area contributed by atoms with E-state index in [0.717, 1.165) is 24.6 Å². The van der Waals surface area contributed by atoms with Crippen LogP contribution in [0.5, 0.6) is 0 Å². The molecule has 4 heteroatoms. The van der Waals surface area contributed by atoms with Crippen LogP contribution in [0.4, 0.5) is 0 Å². The van der Waals surface area contributed by atoms with Crippen LogP contribution in [-0.2, 0) is 16.1 Å². The number of carbonyl (C=O) groups excluding carboxylic acids is 1. The SMILES string of the molecule is CN(C)[C@@H]1CN(C(=O)COCc2ccccc2)C[C@H]1C1CC1. The third-order valence-electron chi connectivity index (χ3n) is 4.91. The molecule has 2 aliphatic rings. The Morgan fingerprint density at radius 1 is 1.23 bits per heavy atom. The zero-order valence-electron chi connectivity index (χ0n) is 13.6. The topological polar surface area (TPSA) is 32.8 Å². The van der Waals surface area contributed by atoms with Gasteiger partial charge in [-0.2, -0.15) is 0 Å². The highest BCUT2D eigenvalue weighted by Crippen LogP contribution is 2.42. The summed E-state index contributed by atoms with van der Waals surface area (Å²) in [5, 5.41) is 0. The highest BCUT2D eigenvalue weighted by Gasteiger charge is 2.44. The zero-order chi connectivity index (χ0) is 15.5. The van der Waals surface area contributed by atoms with Crippen molar-refractivity contribution in [3.8, 4) is 0 Å². The molecule has 0 bridgehead atoms. The molecule has 1 amide bonds. The summed E-state index contributed by atoms with van der Waals surface area (Å²) in [7, 11) is 4.25. The van der Waals surface area contributed by atoms with Crippen LogP contribution in [0.25, 0.3) is 0 Å². The second kappa shape index (κ2) is 6.80. The Kier molecular flexibility index (Phi) is 4.79. The van der Waals surface area contributed by atoms with Crippen LogP contribution in [-0.4, -0.2) is 55.5 Å². The van der Waals surface area contributed by atoms with Gasteiger partial charge in [0.05, 0.1) is 6.61 Å². The van der Waals surface area contributed by atoms with Crippen molar-refractivity contribution in [2.45, 2.75) is 25.5 Å². The molecule has 0 unspecified atom stereocenters. The summed E-state index contributed by atoms with van der Waals surface area (Å²) in [6.45, 7) is 2.44. The lowest BCUT2D eigenvalue weighted by Crippen LogP contribution is -2.37. The Hall–Kier alpha value is -1.39. The van der Waals surface area contributed by atoms with Crippen molar-refractivity contribution in [2.24, 2.45) is 11.8 Å².